The lowest BCUT2D eigenvalue weighted by Crippen LogP contribution is -2.25. The monoisotopic (exact) mass is 432 g/mol. The molecule has 4 rings (SSSR count). The van der Waals surface area contributed by atoms with Gasteiger partial charge in [0.05, 0.1) is 11.1 Å². The quantitative estimate of drug-likeness (QED) is 0.449. The number of rotatable bonds is 8. The Balaban J connectivity index is 1.76. The fourth-order valence-corrected chi connectivity index (χ4v) is 4.65. The van der Waals surface area contributed by atoms with Gasteiger partial charge in [-0.2, -0.15) is 0 Å². The number of aromatic nitrogens is 1. The van der Waals surface area contributed by atoms with Gasteiger partial charge in [0.25, 0.3) is 0 Å². The second-order valence-electron chi connectivity index (χ2n) is 8.50. The molecule has 0 aliphatic carbocycles. The van der Waals surface area contributed by atoms with E-state index in [9.17, 15) is 9.90 Å². The van der Waals surface area contributed by atoms with Crippen LogP contribution in [0.3, 0.4) is 0 Å². The van der Waals surface area contributed by atoms with Crippen LogP contribution in [0.25, 0.3) is 17.0 Å². The fraction of sp³-hybridized carbons (Fsp3) is 0.370. The molecule has 0 fully saturated rings. The standard InChI is InChI=1S/C27H32N2O3/c1-5-12-28(13-6-2)17-21-23(30)14-18(4)25-26(31)24(32-27(21)25)15-19-16-29(7-3)22-11-9-8-10-20(19)22/h8-11,14-16,30H,5-7,12-13,17H2,1-4H3/b24-15-. The minimum Gasteiger partial charge on any atom is -0.507 e. The summed E-state index contributed by atoms with van der Waals surface area (Å²) >= 11 is 0. The summed E-state index contributed by atoms with van der Waals surface area (Å²) in [6.45, 7) is 11.5. The Bertz CT molecular complexity index is 1180. The van der Waals surface area contributed by atoms with Crippen LogP contribution in [0.2, 0.25) is 0 Å². The zero-order chi connectivity index (χ0) is 22.8. The first kappa shape index (κ1) is 22.2. The highest BCUT2D eigenvalue weighted by atomic mass is 16.5. The predicted octanol–water partition coefficient (Wildman–Crippen LogP) is 5.91. The molecule has 2 aromatic carbocycles. The van der Waals surface area contributed by atoms with E-state index in [0.29, 0.717) is 29.2 Å². The van der Waals surface area contributed by atoms with Crippen LogP contribution in [0.5, 0.6) is 11.5 Å². The average molecular weight is 433 g/mol. The minimum atomic E-state index is -0.121. The zero-order valence-electron chi connectivity index (χ0n) is 19.4. The van der Waals surface area contributed by atoms with Crippen molar-refractivity contribution < 1.29 is 14.6 Å². The summed E-state index contributed by atoms with van der Waals surface area (Å²) < 4.78 is 8.35. The van der Waals surface area contributed by atoms with Gasteiger partial charge in [0.2, 0.25) is 5.78 Å². The molecule has 0 spiro atoms. The summed E-state index contributed by atoms with van der Waals surface area (Å²) in [5, 5.41) is 11.8. The molecule has 3 aromatic rings. The number of phenolic OH excluding ortho intramolecular Hbond substituents is 1. The van der Waals surface area contributed by atoms with Crippen LogP contribution in [-0.2, 0) is 13.1 Å². The molecule has 0 unspecified atom stereocenters. The molecule has 0 amide bonds. The molecule has 0 radical (unpaired) electrons. The normalized spacial score (nSPS) is 14.5. The first-order valence-electron chi connectivity index (χ1n) is 11.6. The summed E-state index contributed by atoms with van der Waals surface area (Å²) in [5.74, 6) is 0.890. The van der Waals surface area contributed by atoms with E-state index < -0.39 is 0 Å². The number of carbonyl (C=O) groups excluding carboxylic acids is 1. The fourth-order valence-electron chi connectivity index (χ4n) is 4.65. The molecule has 32 heavy (non-hydrogen) atoms. The lowest BCUT2D eigenvalue weighted by molar-refractivity contribution is 0.101. The van der Waals surface area contributed by atoms with Crippen LogP contribution in [0, 0.1) is 6.92 Å². The number of carbonyl (C=O) groups is 1. The van der Waals surface area contributed by atoms with E-state index in [0.717, 1.165) is 54.5 Å². The van der Waals surface area contributed by atoms with Crippen LogP contribution < -0.4 is 4.74 Å². The number of aromatic hydroxyl groups is 1. The molecule has 1 N–H and O–H groups in total. The van der Waals surface area contributed by atoms with Gasteiger partial charge in [-0.25, -0.2) is 0 Å². The van der Waals surface area contributed by atoms with Crippen molar-refractivity contribution in [3.63, 3.8) is 0 Å². The van der Waals surface area contributed by atoms with E-state index in [1.807, 2.05) is 25.1 Å². The van der Waals surface area contributed by atoms with Crippen LogP contribution in [0.1, 0.15) is 60.7 Å². The molecule has 5 nitrogen and oxygen atoms in total. The van der Waals surface area contributed by atoms with Crippen molar-refractivity contribution in [1.82, 2.24) is 9.47 Å². The van der Waals surface area contributed by atoms with E-state index >= 15 is 0 Å². The Hall–Kier alpha value is -3.05. The summed E-state index contributed by atoms with van der Waals surface area (Å²) in [4.78, 5) is 15.6. The molecule has 0 bridgehead atoms. The number of ether oxygens (including phenoxy) is 1. The van der Waals surface area contributed by atoms with Crippen molar-refractivity contribution in [2.75, 3.05) is 13.1 Å². The van der Waals surface area contributed by atoms with Crippen molar-refractivity contribution in [3.8, 4) is 11.5 Å². The maximum atomic E-state index is 13.3. The number of hydrogen-bond acceptors (Lipinski definition) is 4. The molecule has 2 heterocycles. The molecule has 1 aliphatic rings. The second-order valence-corrected chi connectivity index (χ2v) is 8.50. The van der Waals surface area contributed by atoms with Crippen molar-refractivity contribution in [3.05, 3.63) is 64.5 Å². The number of nitrogens with zero attached hydrogens (tertiary/aromatic N) is 2. The largest absolute Gasteiger partial charge is 0.507 e. The Morgan fingerprint density at radius 2 is 1.84 bits per heavy atom. The first-order chi connectivity index (χ1) is 15.5. The van der Waals surface area contributed by atoms with E-state index in [1.54, 1.807) is 6.07 Å². The summed E-state index contributed by atoms with van der Waals surface area (Å²) in [5.41, 5.74) is 4.09. The van der Waals surface area contributed by atoms with Crippen molar-refractivity contribution >= 4 is 22.8 Å². The number of benzene rings is 2. The van der Waals surface area contributed by atoms with Gasteiger partial charge in [-0.15, -0.1) is 0 Å². The average Bonchev–Trinajstić information content (AvgIpc) is 3.29. The molecular weight excluding hydrogens is 400 g/mol. The molecule has 0 atom stereocenters. The molecule has 5 heteroatoms. The van der Waals surface area contributed by atoms with E-state index in [-0.39, 0.29) is 11.5 Å². The van der Waals surface area contributed by atoms with Crippen molar-refractivity contribution in [2.24, 2.45) is 0 Å². The van der Waals surface area contributed by atoms with Gasteiger partial charge in [0.1, 0.15) is 11.5 Å². The molecule has 1 aromatic heterocycles. The number of allylic oxidation sites excluding steroid dienone is 1. The number of hydrogen-bond donors (Lipinski definition) is 1. The van der Waals surface area contributed by atoms with Gasteiger partial charge in [-0.1, -0.05) is 32.0 Å². The molecule has 0 saturated carbocycles. The lowest BCUT2D eigenvalue weighted by atomic mass is 9.99. The van der Waals surface area contributed by atoms with Crippen molar-refractivity contribution in [1.29, 1.82) is 0 Å². The van der Waals surface area contributed by atoms with Gasteiger partial charge in [-0.05, 0) is 63.6 Å². The number of phenols is 1. The Labute approximate surface area is 189 Å². The summed E-state index contributed by atoms with van der Waals surface area (Å²) in [7, 11) is 0. The van der Waals surface area contributed by atoms with Crippen LogP contribution in [0.15, 0.2) is 42.3 Å². The molecule has 168 valence electrons. The smallest absolute Gasteiger partial charge is 0.232 e. The third-order valence-corrected chi connectivity index (χ3v) is 6.13. The van der Waals surface area contributed by atoms with Gasteiger partial charge >= 0.3 is 0 Å². The Morgan fingerprint density at radius 3 is 2.53 bits per heavy atom. The maximum Gasteiger partial charge on any atom is 0.232 e. The zero-order valence-corrected chi connectivity index (χ0v) is 19.4. The van der Waals surface area contributed by atoms with Crippen molar-refractivity contribution in [2.45, 2.75) is 53.6 Å². The van der Waals surface area contributed by atoms with Crippen LogP contribution in [0.4, 0.5) is 0 Å². The molecule has 1 aliphatic heterocycles. The molecular formula is C27H32N2O3. The second kappa shape index (κ2) is 9.21. The Morgan fingerprint density at radius 1 is 1.12 bits per heavy atom. The summed E-state index contributed by atoms with van der Waals surface area (Å²) in [6.07, 6.45) is 5.96. The highest BCUT2D eigenvalue weighted by molar-refractivity contribution is 6.16. The highest BCUT2D eigenvalue weighted by Crippen LogP contribution is 2.42. The predicted molar refractivity (Wildman–Crippen MR) is 129 cm³/mol. The number of Topliss-reactive ketones (excluding diaryl/α,β-unsaturated/α-hetero) is 1. The minimum absolute atomic E-state index is 0.121. The van der Waals surface area contributed by atoms with Gasteiger partial charge < -0.3 is 14.4 Å². The highest BCUT2D eigenvalue weighted by Gasteiger charge is 2.33. The number of fused-ring (bicyclic) bond motifs is 2. The van der Waals surface area contributed by atoms with Crippen LogP contribution >= 0.6 is 0 Å². The van der Waals surface area contributed by atoms with Gasteiger partial charge in [0.15, 0.2) is 5.76 Å². The third kappa shape index (κ3) is 3.93. The van der Waals surface area contributed by atoms with E-state index in [4.69, 9.17) is 4.74 Å². The number of aryl methyl sites for hydroxylation is 2. The molecule has 0 saturated heterocycles. The van der Waals surface area contributed by atoms with Gasteiger partial charge in [0, 0.05) is 35.8 Å². The summed E-state index contributed by atoms with van der Waals surface area (Å²) in [6, 6.07) is 9.87. The lowest BCUT2D eigenvalue weighted by Gasteiger charge is -2.22. The van der Waals surface area contributed by atoms with E-state index in [1.165, 1.54) is 0 Å². The van der Waals surface area contributed by atoms with Gasteiger partial charge in [-0.3, -0.25) is 9.69 Å². The van der Waals surface area contributed by atoms with E-state index in [2.05, 4.69) is 48.6 Å². The SMILES string of the molecule is CCCN(CCC)Cc1c(O)cc(C)c2c1O/C(=C\c1cn(CC)c3ccccc13)C2=O. The maximum absolute atomic E-state index is 13.3. The van der Waals surface area contributed by atoms with Crippen LogP contribution in [-0.4, -0.2) is 33.4 Å². The topological polar surface area (TPSA) is 54.7 Å². The third-order valence-electron chi connectivity index (χ3n) is 6.13. The first-order valence-corrected chi connectivity index (χ1v) is 11.6. The Kier molecular flexibility index (Phi) is 6.38. The number of ketones is 1. The number of para-hydroxylation sites is 1.